The third-order valence-corrected chi connectivity index (χ3v) is 2.60. The van der Waals surface area contributed by atoms with E-state index in [0.29, 0.717) is 18.2 Å². The summed E-state index contributed by atoms with van der Waals surface area (Å²) in [5.41, 5.74) is 7.06. The lowest BCUT2D eigenvalue weighted by Crippen LogP contribution is -2.20. The van der Waals surface area contributed by atoms with Crippen LogP contribution in [-0.4, -0.2) is 19.1 Å². The second-order valence-electron chi connectivity index (χ2n) is 3.92. The summed E-state index contributed by atoms with van der Waals surface area (Å²) in [6, 6.07) is 5.43. The van der Waals surface area contributed by atoms with E-state index in [4.69, 9.17) is 10.5 Å². The van der Waals surface area contributed by atoms with Gasteiger partial charge in [0.1, 0.15) is 5.75 Å². The quantitative estimate of drug-likeness (QED) is 0.797. The number of hydrogen-bond donors (Lipinski definition) is 2. The predicted octanol–water partition coefficient (Wildman–Crippen LogP) is 1.05. The molecule has 0 spiro atoms. The number of amides is 1. The van der Waals surface area contributed by atoms with E-state index in [9.17, 15) is 4.79 Å². The largest absolute Gasteiger partial charge is 0.490 e. The molecule has 16 heavy (non-hydrogen) atoms. The lowest BCUT2D eigenvalue weighted by molar-refractivity contribution is 0.0962. The van der Waals surface area contributed by atoms with Crippen LogP contribution in [-0.2, 0) is 6.54 Å². The minimum atomic E-state index is -0.113. The summed E-state index contributed by atoms with van der Waals surface area (Å²) < 4.78 is 5.65. The Hall–Kier alpha value is -1.55. The van der Waals surface area contributed by atoms with Crippen molar-refractivity contribution in [2.45, 2.75) is 25.5 Å². The van der Waals surface area contributed by atoms with Gasteiger partial charge in [-0.3, -0.25) is 4.79 Å². The molecule has 0 aliphatic heterocycles. The van der Waals surface area contributed by atoms with Gasteiger partial charge in [-0.1, -0.05) is 0 Å². The Bertz CT molecular complexity index is 400. The summed E-state index contributed by atoms with van der Waals surface area (Å²) in [7, 11) is 1.61. The molecular formula is C12H16N2O2. The zero-order chi connectivity index (χ0) is 11.5. The molecule has 4 heteroatoms. The number of nitrogens with one attached hydrogen (secondary N) is 1. The first-order chi connectivity index (χ1) is 7.74. The Labute approximate surface area is 94.8 Å². The number of benzene rings is 1. The van der Waals surface area contributed by atoms with Gasteiger partial charge >= 0.3 is 0 Å². The topological polar surface area (TPSA) is 64.3 Å². The van der Waals surface area contributed by atoms with Crippen molar-refractivity contribution in [3.05, 3.63) is 29.3 Å². The maximum atomic E-state index is 11.5. The van der Waals surface area contributed by atoms with Gasteiger partial charge < -0.3 is 15.8 Å². The van der Waals surface area contributed by atoms with Crippen molar-refractivity contribution < 1.29 is 9.53 Å². The van der Waals surface area contributed by atoms with Crippen molar-refractivity contribution in [2.24, 2.45) is 5.73 Å². The van der Waals surface area contributed by atoms with Gasteiger partial charge in [0.15, 0.2) is 0 Å². The molecule has 0 saturated heterocycles. The first-order valence-corrected chi connectivity index (χ1v) is 5.46. The van der Waals surface area contributed by atoms with Crippen LogP contribution in [0.3, 0.4) is 0 Å². The molecule has 3 N–H and O–H groups in total. The standard InChI is InChI=1S/C12H16N2O2/c1-14-12(15)11-5-4-10(6-8(11)7-13)16-9-2-3-9/h4-6,9H,2-3,7,13H2,1H3,(H,14,15). The fourth-order valence-corrected chi connectivity index (χ4v) is 1.55. The van der Waals surface area contributed by atoms with Crippen molar-refractivity contribution in [3.63, 3.8) is 0 Å². The number of carbonyl (C=O) groups is 1. The monoisotopic (exact) mass is 220 g/mol. The van der Waals surface area contributed by atoms with Crippen LogP contribution in [0.25, 0.3) is 0 Å². The molecule has 0 bridgehead atoms. The van der Waals surface area contributed by atoms with E-state index in [0.717, 1.165) is 24.2 Å². The van der Waals surface area contributed by atoms with Crippen LogP contribution in [0.15, 0.2) is 18.2 Å². The van der Waals surface area contributed by atoms with Crippen molar-refractivity contribution in [2.75, 3.05) is 7.05 Å². The van der Waals surface area contributed by atoms with Crippen LogP contribution in [0.2, 0.25) is 0 Å². The highest BCUT2D eigenvalue weighted by Crippen LogP contribution is 2.28. The van der Waals surface area contributed by atoms with Gasteiger partial charge in [-0.2, -0.15) is 0 Å². The number of carbonyl (C=O) groups excluding carboxylic acids is 1. The fraction of sp³-hybridized carbons (Fsp3) is 0.417. The van der Waals surface area contributed by atoms with E-state index in [1.807, 2.05) is 12.1 Å². The smallest absolute Gasteiger partial charge is 0.251 e. The minimum Gasteiger partial charge on any atom is -0.490 e. The van der Waals surface area contributed by atoms with Crippen molar-refractivity contribution in [1.29, 1.82) is 0 Å². The lowest BCUT2D eigenvalue weighted by atomic mass is 10.1. The third-order valence-electron chi connectivity index (χ3n) is 2.60. The van der Waals surface area contributed by atoms with Gasteiger partial charge in [0.25, 0.3) is 5.91 Å². The van der Waals surface area contributed by atoms with Crippen molar-refractivity contribution in [1.82, 2.24) is 5.32 Å². The van der Waals surface area contributed by atoms with Gasteiger partial charge in [0.05, 0.1) is 6.10 Å². The van der Waals surface area contributed by atoms with Gasteiger partial charge in [0, 0.05) is 19.2 Å². The average molecular weight is 220 g/mol. The molecule has 1 amide bonds. The van der Waals surface area contributed by atoms with Crippen LogP contribution in [0.5, 0.6) is 5.75 Å². The molecule has 2 rings (SSSR count). The SMILES string of the molecule is CNC(=O)c1ccc(OC2CC2)cc1CN. The fourth-order valence-electron chi connectivity index (χ4n) is 1.55. The predicted molar refractivity (Wildman–Crippen MR) is 61.4 cm³/mol. The summed E-state index contributed by atoms with van der Waals surface area (Å²) in [6.45, 7) is 0.338. The van der Waals surface area contributed by atoms with Crippen molar-refractivity contribution in [3.8, 4) is 5.75 Å². The molecule has 1 aliphatic rings. The number of ether oxygens (including phenoxy) is 1. The molecule has 0 heterocycles. The molecule has 0 unspecified atom stereocenters. The highest BCUT2D eigenvalue weighted by molar-refractivity contribution is 5.95. The van der Waals surface area contributed by atoms with Crippen LogP contribution >= 0.6 is 0 Å². The molecule has 4 nitrogen and oxygen atoms in total. The van der Waals surface area contributed by atoms with Crippen LogP contribution in [0.1, 0.15) is 28.8 Å². The van der Waals surface area contributed by atoms with Crippen molar-refractivity contribution >= 4 is 5.91 Å². The summed E-state index contributed by atoms with van der Waals surface area (Å²) in [5.74, 6) is 0.689. The number of rotatable bonds is 4. The highest BCUT2D eigenvalue weighted by Gasteiger charge is 2.23. The van der Waals surface area contributed by atoms with Gasteiger partial charge in [-0.25, -0.2) is 0 Å². The Morgan fingerprint density at radius 3 is 2.88 bits per heavy atom. The summed E-state index contributed by atoms with van der Waals surface area (Å²) in [6.07, 6.45) is 2.60. The molecule has 1 aromatic carbocycles. The molecule has 1 aromatic rings. The molecule has 0 radical (unpaired) electrons. The van der Waals surface area contributed by atoms with Gasteiger partial charge in [0.2, 0.25) is 0 Å². The number of nitrogens with two attached hydrogens (primary N) is 1. The molecule has 86 valence electrons. The Balaban J connectivity index is 2.22. The molecule has 1 saturated carbocycles. The van der Waals surface area contributed by atoms with E-state index < -0.39 is 0 Å². The lowest BCUT2D eigenvalue weighted by Gasteiger charge is -2.10. The minimum absolute atomic E-state index is 0.113. The van der Waals surface area contributed by atoms with Gasteiger partial charge in [-0.15, -0.1) is 0 Å². The Morgan fingerprint density at radius 1 is 1.56 bits per heavy atom. The molecule has 0 atom stereocenters. The summed E-state index contributed by atoms with van der Waals surface area (Å²) in [4.78, 5) is 11.5. The zero-order valence-corrected chi connectivity index (χ0v) is 9.32. The Morgan fingerprint density at radius 2 is 2.31 bits per heavy atom. The maximum absolute atomic E-state index is 11.5. The van der Waals surface area contributed by atoms with Crippen LogP contribution < -0.4 is 15.8 Å². The van der Waals surface area contributed by atoms with Crippen LogP contribution in [0, 0.1) is 0 Å². The molecule has 1 fully saturated rings. The molecule has 0 aromatic heterocycles. The second-order valence-corrected chi connectivity index (χ2v) is 3.92. The Kier molecular flexibility index (Phi) is 3.10. The first kappa shape index (κ1) is 11.0. The number of hydrogen-bond acceptors (Lipinski definition) is 3. The zero-order valence-electron chi connectivity index (χ0n) is 9.32. The second kappa shape index (κ2) is 4.53. The van der Waals surface area contributed by atoms with Crippen LogP contribution in [0.4, 0.5) is 0 Å². The van der Waals surface area contributed by atoms with Gasteiger partial charge in [-0.05, 0) is 36.6 Å². The molecular weight excluding hydrogens is 204 g/mol. The summed E-state index contributed by atoms with van der Waals surface area (Å²) in [5, 5.41) is 2.59. The maximum Gasteiger partial charge on any atom is 0.251 e. The first-order valence-electron chi connectivity index (χ1n) is 5.46. The van der Waals surface area contributed by atoms with E-state index in [-0.39, 0.29) is 5.91 Å². The van der Waals surface area contributed by atoms with E-state index in [2.05, 4.69) is 5.32 Å². The van der Waals surface area contributed by atoms with E-state index in [1.165, 1.54) is 0 Å². The third kappa shape index (κ3) is 2.33. The normalized spacial score (nSPS) is 14.6. The summed E-state index contributed by atoms with van der Waals surface area (Å²) >= 11 is 0. The van der Waals surface area contributed by atoms with E-state index in [1.54, 1.807) is 13.1 Å². The average Bonchev–Trinajstić information content (AvgIpc) is 3.11. The van der Waals surface area contributed by atoms with E-state index >= 15 is 0 Å². The molecule has 1 aliphatic carbocycles. The highest BCUT2D eigenvalue weighted by atomic mass is 16.5.